The van der Waals surface area contributed by atoms with Gasteiger partial charge in [0.2, 0.25) is 0 Å². The lowest BCUT2D eigenvalue weighted by Crippen LogP contribution is -2.54. The zero-order valence-corrected chi connectivity index (χ0v) is 12.1. The molecule has 112 valence electrons. The Labute approximate surface area is 132 Å². The number of carbonyl (C=O) groups excluding carboxylic acids is 3. The number of rotatable bonds is 1. The predicted octanol–water partition coefficient (Wildman–Crippen LogP) is 1.95. The minimum atomic E-state index is -1.13. The third-order valence-corrected chi connectivity index (χ3v) is 5.61. The van der Waals surface area contributed by atoms with Crippen molar-refractivity contribution in [2.75, 3.05) is 0 Å². The van der Waals surface area contributed by atoms with Crippen molar-refractivity contribution in [2.24, 2.45) is 11.8 Å². The number of esters is 2. The maximum Gasteiger partial charge on any atom is 0.319 e. The molecule has 0 unspecified atom stereocenters. The van der Waals surface area contributed by atoms with Gasteiger partial charge in [-0.15, -0.1) is 0 Å². The quantitative estimate of drug-likeness (QED) is 0.459. The van der Waals surface area contributed by atoms with E-state index < -0.39 is 29.2 Å². The van der Waals surface area contributed by atoms with E-state index in [9.17, 15) is 14.4 Å². The second kappa shape index (κ2) is 3.96. The minimum absolute atomic E-state index is 0.229. The molecule has 2 bridgehead atoms. The van der Waals surface area contributed by atoms with Crippen LogP contribution in [-0.2, 0) is 24.5 Å². The summed E-state index contributed by atoms with van der Waals surface area (Å²) in [5, 5.41) is 0. The molecular weight excluding hydrogens is 292 g/mol. The van der Waals surface area contributed by atoms with Gasteiger partial charge in [-0.1, -0.05) is 48.5 Å². The SMILES string of the molecule is O=CC12c3ccccc3C(c3ccccc31)[C@H]1C(=O)OC(=O)[C@H]12. The Hall–Kier alpha value is -2.75. The lowest BCUT2D eigenvalue weighted by atomic mass is 9.48. The zero-order valence-electron chi connectivity index (χ0n) is 12.1. The van der Waals surface area contributed by atoms with E-state index in [1.807, 2.05) is 48.5 Å². The molecule has 23 heavy (non-hydrogen) atoms. The first-order valence-electron chi connectivity index (χ1n) is 7.61. The fraction of sp³-hybridized carbons (Fsp3) is 0.211. The molecule has 1 fully saturated rings. The molecule has 0 aromatic heterocycles. The fourth-order valence-corrected chi connectivity index (χ4v) is 4.84. The molecule has 0 radical (unpaired) electrons. The zero-order chi connectivity index (χ0) is 15.8. The predicted molar refractivity (Wildman–Crippen MR) is 79.7 cm³/mol. The number of carbonyl (C=O) groups is 3. The van der Waals surface area contributed by atoms with Gasteiger partial charge in [-0.25, -0.2) is 0 Å². The van der Waals surface area contributed by atoms with Crippen molar-refractivity contribution in [3.8, 4) is 0 Å². The third-order valence-electron chi connectivity index (χ3n) is 5.61. The highest BCUT2D eigenvalue weighted by Gasteiger charge is 2.67. The number of ether oxygens (including phenoxy) is 1. The normalized spacial score (nSPS) is 32.8. The van der Waals surface area contributed by atoms with Crippen LogP contribution in [0.1, 0.15) is 28.2 Å². The lowest BCUT2D eigenvalue weighted by molar-refractivity contribution is -0.154. The van der Waals surface area contributed by atoms with Gasteiger partial charge in [-0.3, -0.25) is 9.59 Å². The molecule has 4 heteroatoms. The molecule has 2 aromatic carbocycles. The molecule has 0 saturated carbocycles. The Morgan fingerprint density at radius 2 is 1.43 bits per heavy atom. The van der Waals surface area contributed by atoms with Gasteiger partial charge in [0.05, 0.1) is 17.3 Å². The van der Waals surface area contributed by atoms with Crippen LogP contribution in [0.2, 0.25) is 0 Å². The maximum atomic E-state index is 12.4. The van der Waals surface area contributed by atoms with Crippen molar-refractivity contribution >= 4 is 18.2 Å². The number of hydrogen-bond acceptors (Lipinski definition) is 4. The van der Waals surface area contributed by atoms with Gasteiger partial charge >= 0.3 is 11.9 Å². The minimum Gasteiger partial charge on any atom is -0.393 e. The molecule has 0 spiro atoms. The average molecular weight is 304 g/mol. The molecule has 1 aliphatic heterocycles. The van der Waals surface area contributed by atoms with Crippen LogP contribution >= 0.6 is 0 Å². The molecule has 1 saturated heterocycles. The van der Waals surface area contributed by atoms with E-state index in [0.29, 0.717) is 0 Å². The van der Waals surface area contributed by atoms with Crippen LogP contribution in [0, 0.1) is 11.8 Å². The van der Waals surface area contributed by atoms with Crippen molar-refractivity contribution in [3.63, 3.8) is 0 Å². The molecule has 2 aromatic rings. The first-order chi connectivity index (χ1) is 11.2. The second-order valence-corrected chi connectivity index (χ2v) is 6.38. The van der Waals surface area contributed by atoms with Crippen LogP contribution in [0.3, 0.4) is 0 Å². The van der Waals surface area contributed by atoms with Crippen molar-refractivity contribution in [2.45, 2.75) is 11.3 Å². The first-order valence-corrected chi connectivity index (χ1v) is 7.61. The Morgan fingerprint density at radius 1 is 0.870 bits per heavy atom. The molecule has 6 rings (SSSR count). The van der Waals surface area contributed by atoms with Gasteiger partial charge in [0, 0.05) is 5.92 Å². The van der Waals surface area contributed by atoms with Crippen LogP contribution in [-0.4, -0.2) is 18.2 Å². The van der Waals surface area contributed by atoms with E-state index in [1.165, 1.54) is 0 Å². The number of benzene rings is 2. The van der Waals surface area contributed by atoms with Gasteiger partial charge in [0.25, 0.3) is 0 Å². The van der Waals surface area contributed by atoms with Crippen LogP contribution in [0.15, 0.2) is 48.5 Å². The van der Waals surface area contributed by atoms with E-state index in [2.05, 4.69) is 0 Å². The van der Waals surface area contributed by atoms with Crippen LogP contribution in [0.5, 0.6) is 0 Å². The second-order valence-electron chi connectivity index (χ2n) is 6.38. The maximum absolute atomic E-state index is 12.4. The van der Waals surface area contributed by atoms with Crippen molar-refractivity contribution in [1.29, 1.82) is 0 Å². The van der Waals surface area contributed by atoms with Gasteiger partial charge in [0.15, 0.2) is 0 Å². The smallest absolute Gasteiger partial charge is 0.319 e. The summed E-state index contributed by atoms with van der Waals surface area (Å²) in [5.74, 6) is -2.70. The summed E-state index contributed by atoms with van der Waals surface area (Å²) in [4.78, 5) is 37.1. The van der Waals surface area contributed by atoms with Gasteiger partial charge in [-0.2, -0.15) is 0 Å². The average Bonchev–Trinajstić information content (AvgIpc) is 2.90. The molecule has 1 heterocycles. The van der Waals surface area contributed by atoms with Crippen LogP contribution in [0.4, 0.5) is 0 Å². The van der Waals surface area contributed by atoms with E-state index >= 15 is 0 Å². The highest BCUT2D eigenvalue weighted by Crippen LogP contribution is 2.62. The van der Waals surface area contributed by atoms with Gasteiger partial charge < -0.3 is 9.53 Å². The topological polar surface area (TPSA) is 60.4 Å². The van der Waals surface area contributed by atoms with E-state index in [-0.39, 0.29) is 5.92 Å². The molecular formula is C19H12O4. The van der Waals surface area contributed by atoms with Crippen LogP contribution < -0.4 is 0 Å². The Morgan fingerprint density at radius 3 is 2.00 bits per heavy atom. The molecule has 2 atom stereocenters. The van der Waals surface area contributed by atoms with Crippen molar-refractivity contribution in [1.82, 2.24) is 0 Å². The number of aldehydes is 1. The summed E-state index contributed by atoms with van der Waals surface area (Å²) in [6, 6.07) is 15.2. The fourth-order valence-electron chi connectivity index (χ4n) is 4.84. The molecule has 0 N–H and O–H groups in total. The summed E-state index contributed by atoms with van der Waals surface area (Å²) in [6.07, 6.45) is 0.831. The monoisotopic (exact) mass is 304 g/mol. The third kappa shape index (κ3) is 1.23. The Balaban J connectivity index is 1.97. The standard InChI is InChI=1S/C19H12O4/c20-9-19-12-7-3-1-5-10(12)14(11-6-2-4-8-13(11)19)15-16(19)18(22)23-17(15)21/h1-9,14-16H/t14?,15-,16+,19?/m1/s1. The molecule has 4 nitrogen and oxygen atoms in total. The largest absolute Gasteiger partial charge is 0.393 e. The summed E-state index contributed by atoms with van der Waals surface area (Å²) in [5.41, 5.74) is 2.42. The number of cyclic esters (lactones) is 2. The molecule has 0 amide bonds. The van der Waals surface area contributed by atoms with E-state index in [0.717, 1.165) is 28.5 Å². The first kappa shape index (κ1) is 12.8. The van der Waals surface area contributed by atoms with Crippen molar-refractivity contribution in [3.05, 3.63) is 70.8 Å². The lowest BCUT2D eigenvalue weighted by Gasteiger charge is -2.50. The molecule has 3 aliphatic carbocycles. The number of hydrogen-bond donors (Lipinski definition) is 0. The summed E-state index contributed by atoms with van der Waals surface area (Å²) >= 11 is 0. The van der Waals surface area contributed by atoms with Crippen molar-refractivity contribution < 1.29 is 19.1 Å². The van der Waals surface area contributed by atoms with E-state index in [4.69, 9.17) is 4.74 Å². The van der Waals surface area contributed by atoms with Gasteiger partial charge in [-0.05, 0) is 22.3 Å². The highest BCUT2D eigenvalue weighted by molar-refractivity contribution is 6.04. The summed E-state index contributed by atoms with van der Waals surface area (Å²) in [7, 11) is 0. The Bertz CT molecular complexity index is 850. The van der Waals surface area contributed by atoms with Crippen LogP contribution in [0.25, 0.3) is 0 Å². The summed E-state index contributed by atoms with van der Waals surface area (Å²) < 4.78 is 4.94. The highest BCUT2D eigenvalue weighted by atomic mass is 16.6. The van der Waals surface area contributed by atoms with Gasteiger partial charge in [0.1, 0.15) is 6.29 Å². The summed E-state index contributed by atoms with van der Waals surface area (Å²) in [6.45, 7) is 0. The van der Waals surface area contributed by atoms with E-state index in [1.54, 1.807) is 0 Å². The Kier molecular flexibility index (Phi) is 2.20. The molecule has 4 aliphatic rings.